The maximum absolute atomic E-state index is 6.24. The van der Waals surface area contributed by atoms with Gasteiger partial charge >= 0.3 is 0 Å². The first-order valence-electron chi connectivity index (χ1n) is 6.88. The normalized spacial score (nSPS) is 12.7. The number of halogens is 2. The summed E-state index contributed by atoms with van der Waals surface area (Å²) >= 11 is 12.2. The molecule has 108 valence electrons. The summed E-state index contributed by atoms with van der Waals surface area (Å²) in [7, 11) is 0. The van der Waals surface area contributed by atoms with E-state index in [-0.39, 0.29) is 6.04 Å². The van der Waals surface area contributed by atoms with E-state index in [0.717, 1.165) is 17.6 Å². The smallest absolute Gasteiger partial charge is 0.0468 e. The van der Waals surface area contributed by atoms with Crippen LogP contribution in [0.25, 0.3) is 10.9 Å². The SMILES string of the molecule is CC(NCc1ccc2[nH]ccc2c1)c1ccc(Cl)cc1Cl. The Balaban J connectivity index is 1.71. The topological polar surface area (TPSA) is 27.8 Å². The number of hydrogen-bond acceptors (Lipinski definition) is 1. The molecule has 0 radical (unpaired) electrons. The number of aromatic nitrogens is 1. The van der Waals surface area contributed by atoms with Gasteiger partial charge in [-0.15, -0.1) is 0 Å². The Bertz CT molecular complexity index is 764. The highest BCUT2D eigenvalue weighted by atomic mass is 35.5. The molecule has 1 aromatic heterocycles. The zero-order valence-electron chi connectivity index (χ0n) is 11.7. The number of rotatable bonds is 4. The molecule has 1 unspecified atom stereocenters. The zero-order chi connectivity index (χ0) is 14.8. The van der Waals surface area contributed by atoms with Crippen LogP contribution in [-0.4, -0.2) is 4.98 Å². The van der Waals surface area contributed by atoms with Crippen molar-refractivity contribution >= 4 is 34.1 Å². The van der Waals surface area contributed by atoms with Crippen LogP contribution in [0.3, 0.4) is 0 Å². The van der Waals surface area contributed by atoms with Crippen molar-refractivity contribution in [3.63, 3.8) is 0 Å². The molecule has 2 N–H and O–H groups in total. The second-order valence-electron chi connectivity index (χ2n) is 5.17. The Hall–Kier alpha value is -1.48. The maximum Gasteiger partial charge on any atom is 0.0468 e. The van der Waals surface area contributed by atoms with Gasteiger partial charge in [0, 0.05) is 34.3 Å². The minimum atomic E-state index is 0.164. The van der Waals surface area contributed by atoms with E-state index in [1.165, 1.54) is 10.9 Å². The van der Waals surface area contributed by atoms with E-state index in [1.54, 1.807) is 6.07 Å². The first kappa shape index (κ1) is 14.5. The van der Waals surface area contributed by atoms with Crippen LogP contribution < -0.4 is 5.32 Å². The van der Waals surface area contributed by atoms with Crippen LogP contribution in [0.4, 0.5) is 0 Å². The highest BCUT2D eigenvalue weighted by Crippen LogP contribution is 2.26. The summed E-state index contributed by atoms with van der Waals surface area (Å²) in [5.41, 5.74) is 3.47. The van der Waals surface area contributed by atoms with Crippen molar-refractivity contribution in [1.29, 1.82) is 0 Å². The quantitative estimate of drug-likeness (QED) is 0.669. The fourth-order valence-corrected chi connectivity index (χ4v) is 3.02. The third-order valence-electron chi connectivity index (χ3n) is 3.66. The van der Waals surface area contributed by atoms with Gasteiger partial charge in [-0.1, -0.05) is 35.3 Å². The lowest BCUT2D eigenvalue weighted by molar-refractivity contribution is 0.575. The molecule has 2 nitrogen and oxygen atoms in total. The van der Waals surface area contributed by atoms with E-state index < -0.39 is 0 Å². The number of fused-ring (bicyclic) bond motifs is 1. The number of nitrogens with one attached hydrogen (secondary N) is 2. The second kappa shape index (κ2) is 6.10. The molecule has 0 bridgehead atoms. The third kappa shape index (κ3) is 3.24. The molecule has 2 aromatic carbocycles. The Kier molecular flexibility index (Phi) is 4.20. The highest BCUT2D eigenvalue weighted by molar-refractivity contribution is 6.35. The molecule has 0 saturated carbocycles. The monoisotopic (exact) mass is 318 g/mol. The van der Waals surface area contributed by atoms with Crippen LogP contribution >= 0.6 is 23.2 Å². The highest BCUT2D eigenvalue weighted by Gasteiger charge is 2.09. The Morgan fingerprint density at radius 2 is 1.95 bits per heavy atom. The second-order valence-corrected chi connectivity index (χ2v) is 6.01. The molecule has 0 aliphatic rings. The van der Waals surface area contributed by atoms with Gasteiger partial charge in [0.25, 0.3) is 0 Å². The van der Waals surface area contributed by atoms with Gasteiger partial charge in [-0.2, -0.15) is 0 Å². The Morgan fingerprint density at radius 1 is 1.10 bits per heavy atom. The van der Waals surface area contributed by atoms with E-state index in [4.69, 9.17) is 23.2 Å². The lowest BCUT2D eigenvalue weighted by Crippen LogP contribution is -2.18. The Morgan fingerprint density at radius 3 is 2.76 bits per heavy atom. The van der Waals surface area contributed by atoms with Gasteiger partial charge in [0.2, 0.25) is 0 Å². The standard InChI is InChI=1S/C17H16Cl2N2/c1-11(15-4-3-14(18)9-16(15)19)21-10-12-2-5-17-13(8-12)6-7-20-17/h2-9,11,20-21H,10H2,1H3. The van der Waals surface area contributed by atoms with E-state index in [9.17, 15) is 0 Å². The average Bonchev–Trinajstić information content (AvgIpc) is 2.92. The van der Waals surface area contributed by atoms with Crippen LogP contribution in [0.15, 0.2) is 48.7 Å². The fraction of sp³-hybridized carbons (Fsp3) is 0.176. The lowest BCUT2D eigenvalue weighted by atomic mass is 10.1. The lowest BCUT2D eigenvalue weighted by Gasteiger charge is -2.16. The molecule has 0 aliphatic heterocycles. The number of benzene rings is 2. The van der Waals surface area contributed by atoms with Gasteiger partial charge < -0.3 is 10.3 Å². The summed E-state index contributed by atoms with van der Waals surface area (Å²) in [5.74, 6) is 0. The molecular formula is C17H16Cl2N2. The molecule has 0 amide bonds. The summed E-state index contributed by atoms with van der Waals surface area (Å²) in [6.45, 7) is 2.89. The molecular weight excluding hydrogens is 303 g/mol. The van der Waals surface area contributed by atoms with Gasteiger partial charge in [-0.25, -0.2) is 0 Å². The van der Waals surface area contributed by atoms with Crippen molar-refractivity contribution in [2.24, 2.45) is 0 Å². The minimum Gasteiger partial charge on any atom is -0.361 e. The van der Waals surface area contributed by atoms with Crippen molar-refractivity contribution in [3.05, 3.63) is 69.8 Å². The van der Waals surface area contributed by atoms with E-state index in [2.05, 4.69) is 41.5 Å². The molecule has 0 aliphatic carbocycles. The van der Waals surface area contributed by atoms with Crippen LogP contribution in [0, 0.1) is 0 Å². The Labute approximate surface area is 134 Å². The van der Waals surface area contributed by atoms with Crippen molar-refractivity contribution in [1.82, 2.24) is 10.3 Å². The van der Waals surface area contributed by atoms with Gasteiger partial charge in [0.1, 0.15) is 0 Å². The van der Waals surface area contributed by atoms with Gasteiger partial charge in [0.05, 0.1) is 0 Å². The van der Waals surface area contributed by atoms with Crippen molar-refractivity contribution < 1.29 is 0 Å². The molecule has 3 rings (SSSR count). The molecule has 4 heteroatoms. The van der Waals surface area contributed by atoms with E-state index in [0.29, 0.717) is 10.0 Å². The summed E-state index contributed by atoms with van der Waals surface area (Å²) in [4.78, 5) is 3.20. The number of H-pyrrole nitrogens is 1. The molecule has 0 fully saturated rings. The van der Waals surface area contributed by atoms with Gasteiger partial charge in [0.15, 0.2) is 0 Å². The molecule has 1 atom stereocenters. The first-order valence-corrected chi connectivity index (χ1v) is 7.63. The summed E-state index contributed by atoms with van der Waals surface area (Å²) < 4.78 is 0. The van der Waals surface area contributed by atoms with E-state index >= 15 is 0 Å². The number of hydrogen-bond donors (Lipinski definition) is 2. The van der Waals surface area contributed by atoms with Crippen molar-refractivity contribution in [3.8, 4) is 0 Å². The maximum atomic E-state index is 6.24. The minimum absolute atomic E-state index is 0.164. The van der Waals surface area contributed by atoms with Gasteiger partial charge in [-0.05, 0) is 53.8 Å². The van der Waals surface area contributed by atoms with E-state index in [1.807, 2.05) is 18.3 Å². The predicted molar refractivity (Wildman–Crippen MR) is 90.0 cm³/mol. The first-order chi connectivity index (χ1) is 10.1. The van der Waals surface area contributed by atoms with Crippen LogP contribution in [0.1, 0.15) is 24.1 Å². The molecule has 1 heterocycles. The fourth-order valence-electron chi connectivity index (χ4n) is 2.45. The average molecular weight is 319 g/mol. The molecule has 0 saturated heterocycles. The molecule has 0 spiro atoms. The summed E-state index contributed by atoms with van der Waals surface area (Å²) in [6, 6.07) is 14.3. The van der Waals surface area contributed by atoms with Gasteiger partial charge in [-0.3, -0.25) is 0 Å². The van der Waals surface area contributed by atoms with Crippen LogP contribution in [0.5, 0.6) is 0 Å². The third-order valence-corrected chi connectivity index (χ3v) is 4.22. The van der Waals surface area contributed by atoms with Crippen LogP contribution in [0.2, 0.25) is 10.0 Å². The number of aromatic amines is 1. The zero-order valence-corrected chi connectivity index (χ0v) is 13.2. The molecule has 21 heavy (non-hydrogen) atoms. The van der Waals surface area contributed by atoms with Crippen molar-refractivity contribution in [2.45, 2.75) is 19.5 Å². The predicted octanol–water partition coefficient (Wildman–Crippen LogP) is 5.33. The summed E-state index contributed by atoms with van der Waals surface area (Å²) in [5, 5.41) is 6.08. The molecule has 3 aromatic rings. The van der Waals surface area contributed by atoms with Crippen molar-refractivity contribution in [2.75, 3.05) is 0 Å². The summed E-state index contributed by atoms with van der Waals surface area (Å²) in [6.07, 6.45) is 1.96. The van der Waals surface area contributed by atoms with Crippen LogP contribution in [-0.2, 0) is 6.54 Å². The largest absolute Gasteiger partial charge is 0.361 e.